The van der Waals surface area contributed by atoms with Crippen LogP contribution < -0.4 is 9.79 Å². The number of thiazole rings is 1. The molecule has 0 atom stereocenters. The van der Waals surface area contributed by atoms with E-state index < -0.39 is 33.0 Å². The van der Waals surface area contributed by atoms with Crippen molar-refractivity contribution in [3.63, 3.8) is 0 Å². The summed E-state index contributed by atoms with van der Waals surface area (Å²) in [5.41, 5.74) is 3.00. The van der Waals surface area contributed by atoms with E-state index in [1.165, 1.54) is 19.1 Å². The molecular formula is C23H23F4N5O4S2. The molecule has 0 radical (unpaired) electrons. The van der Waals surface area contributed by atoms with Crippen LogP contribution in [0.25, 0.3) is 0 Å². The van der Waals surface area contributed by atoms with Gasteiger partial charge in [0, 0.05) is 24.0 Å². The van der Waals surface area contributed by atoms with E-state index in [2.05, 4.69) is 25.0 Å². The zero-order valence-corrected chi connectivity index (χ0v) is 21.7. The Balaban J connectivity index is 1.55. The fraction of sp³-hybridized carbons (Fsp3) is 0.348. The van der Waals surface area contributed by atoms with Crippen LogP contribution in [-0.2, 0) is 32.7 Å². The van der Waals surface area contributed by atoms with E-state index in [4.69, 9.17) is 0 Å². The van der Waals surface area contributed by atoms with Gasteiger partial charge < -0.3 is 10.2 Å². The molecule has 15 heteroatoms. The van der Waals surface area contributed by atoms with Gasteiger partial charge in [-0.15, -0.1) is 11.3 Å². The molecule has 1 aliphatic heterocycles. The van der Waals surface area contributed by atoms with E-state index in [9.17, 15) is 30.8 Å². The van der Waals surface area contributed by atoms with Gasteiger partial charge in [-0.05, 0) is 56.6 Å². The molecule has 0 unspecified atom stereocenters. The Kier molecular flexibility index (Phi) is 8.18. The zero-order chi connectivity index (χ0) is 27.5. The molecule has 0 bridgehead atoms. The van der Waals surface area contributed by atoms with Crippen LogP contribution >= 0.6 is 11.3 Å². The molecular weight excluding hydrogens is 550 g/mol. The number of sulfonamides is 1. The van der Waals surface area contributed by atoms with E-state index in [1.807, 2.05) is 6.07 Å². The van der Waals surface area contributed by atoms with Crippen molar-refractivity contribution in [1.29, 1.82) is 0 Å². The maximum absolute atomic E-state index is 14.7. The lowest BCUT2D eigenvalue weighted by atomic mass is 10.1. The molecule has 1 aliphatic rings. The minimum atomic E-state index is -5.44. The van der Waals surface area contributed by atoms with Crippen molar-refractivity contribution in [3.8, 4) is 0 Å². The summed E-state index contributed by atoms with van der Waals surface area (Å²) in [6, 6.07) is 7.25. The first-order valence-corrected chi connectivity index (χ1v) is 13.8. The average molecular weight is 574 g/mol. The third-order valence-corrected chi connectivity index (χ3v) is 7.84. The van der Waals surface area contributed by atoms with Crippen molar-refractivity contribution in [1.82, 2.24) is 14.9 Å². The number of nitrogens with zero attached hydrogens (tertiary/aromatic N) is 4. The lowest BCUT2D eigenvalue weighted by Gasteiger charge is -2.21. The van der Waals surface area contributed by atoms with Crippen LogP contribution in [0.1, 0.15) is 29.7 Å². The van der Waals surface area contributed by atoms with Gasteiger partial charge >= 0.3 is 22.2 Å². The van der Waals surface area contributed by atoms with Crippen LogP contribution in [-0.4, -0.2) is 48.5 Å². The number of hydrogen-bond acceptors (Lipinski definition) is 9. The number of hydrogen-bond donors (Lipinski definition) is 1. The summed E-state index contributed by atoms with van der Waals surface area (Å²) in [5, 5.41) is 3.47. The van der Waals surface area contributed by atoms with Crippen LogP contribution in [0, 0.1) is 12.7 Å². The van der Waals surface area contributed by atoms with Crippen LogP contribution in [0.15, 0.2) is 46.2 Å². The molecule has 1 aromatic carbocycles. The Labute approximate surface area is 220 Å². The van der Waals surface area contributed by atoms with E-state index >= 15 is 0 Å². The van der Waals surface area contributed by atoms with Crippen molar-refractivity contribution in [3.05, 3.63) is 63.9 Å². The Morgan fingerprint density at radius 1 is 1.21 bits per heavy atom. The van der Waals surface area contributed by atoms with E-state index in [0.29, 0.717) is 17.8 Å². The van der Waals surface area contributed by atoms with Crippen molar-refractivity contribution < 1.29 is 35.6 Å². The van der Waals surface area contributed by atoms with Gasteiger partial charge in [0.25, 0.3) is 0 Å². The predicted octanol–water partition coefficient (Wildman–Crippen LogP) is 4.41. The summed E-state index contributed by atoms with van der Waals surface area (Å²) in [4.78, 5) is 25.4. The Morgan fingerprint density at radius 3 is 2.58 bits per heavy atom. The summed E-state index contributed by atoms with van der Waals surface area (Å²) in [5.74, 6) is -3.66. The SMILES string of the molecule is Cc1nc(S(=O)(=O)N(OC(=O)C(F)(F)F)c2cscn2)ccc1NCc1c(F)cccc1CN1CCCC1. The number of halogens is 4. The lowest BCUT2D eigenvalue weighted by molar-refractivity contribution is -0.199. The molecule has 0 spiro atoms. The molecule has 0 aliphatic carbocycles. The minimum absolute atomic E-state index is 0.0958. The van der Waals surface area contributed by atoms with E-state index in [-0.39, 0.29) is 22.5 Å². The monoisotopic (exact) mass is 573 g/mol. The third-order valence-electron chi connectivity index (χ3n) is 5.81. The highest BCUT2D eigenvalue weighted by Gasteiger charge is 2.45. The Bertz CT molecular complexity index is 1400. The smallest absolute Gasteiger partial charge is 0.379 e. The highest BCUT2D eigenvalue weighted by molar-refractivity contribution is 7.92. The van der Waals surface area contributed by atoms with Gasteiger partial charge in [0.05, 0.1) is 16.9 Å². The quantitative estimate of drug-likeness (QED) is 0.297. The molecule has 2 aromatic heterocycles. The molecule has 3 aromatic rings. The van der Waals surface area contributed by atoms with Crippen LogP contribution in [0.2, 0.25) is 0 Å². The summed E-state index contributed by atoms with van der Waals surface area (Å²) >= 11 is 0.882. The Morgan fingerprint density at radius 2 is 1.95 bits per heavy atom. The van der Waals surface area contributed by atoms with Crippen molar-refractivity contribution in [2.75, 3.05) is 22.9 Å². The molecule has 9 nitrogen and oxygen atoms in total. The molecule has 1 fully saturated rings. The Hall–Kier alpha value is -3.30. The van der Waals surface area contributed by atoms with Gasteiger partial charge in [-0.25, -0.2) is 19.2 Å². The topological polar surface area (TPSA) is 105 Å². The second kappa shape index (κ2) is 11.2. The van der Waals surface area contributed by atoms with Crippen LogP contribution in [0.4, 0.5) is 29.1 Å². The largest absolute Gasteiger partial charge is 0.493 e. The summed E-state index contributed by atoms with van der Waals surface area (Å²) in [6.45, 7) is 4.06. The van der Waals surface area contributed by atoms with Crippen LogP contribution in [0.5, 0.6) is 0 Å². The van der Waals surface area contributed by atoms with E-state index in [0.717, 1.165) is 59.8 Å². The molecule has 1 N–H and O–H groups in total. The summed E-state index contributed by atoms with van der Waals surface area (Å²) in [7, 11) is -4.88. The van der Waals surface area contributed by atoms with Crippen LogP contribution in [0.3, 0.4) is 0 Å². The second-order valence-electron chi connectivity index (χ2n) is 8.45. The lowest BCUT2D eigenvalue weighted by Crippen LogP contribution is -2.39. The molecule has 0 saturated carbocycles. The summed E-state index contributed by atoms with van der Waals surface area (Å²) in [6.07, 6.45) is -3.25. The number of carbonyl (C=O) groups is 1. The normalized spacial score (nSPS) is 14.4. The number of carbonyl (C=O) groups excluding carboxylic acids is 1. The number of likely N-dealkylation sites (tertiary alicyclic amines) is 1. The first-order chi connectivity index (χ1) is 18.0. The number of anilines is 2. The molecule has 38 heavy (non-hydrogen) atoms. The van der Waals surface area contributed by atoms with Gasteiger partial charge in [0.2, 0.25) is 0 Å². The number of nitrogens with one attached hydrogen (secondary N) is 1. The molecule has 0 amide bonds. The minimum Gasteiger partial charge on any atom is -0.379 e. The predicted molar refractivity (Wildman–Crippen MR) is 131 cm³/mol. The molecule has 1 saturated heterocycles. The average Bonchev–Trinajstić information content (AvgIpc) is 3.56. The van der Waals surface area contributed by atoms with Gasteiger partial charge in [-0.2, -0.15) is 21.6 Å². The third kappa shape index (κ3) is 6.22. The molecule has 204 valence electrons. The number of benzene rings is 1. The molecule has 4 rings (SSSR count). The zero-order valence-electron chi connectivity index (χ0n) is 20.0. The highest BCUT2D eigenvalue weighted by atomic mass is 32.2. The highest BCUT2D eigenvalue weighted by Crippen LogP contribution is 2.28. The van der Waals surface area contributed by atoms with Crippen molar-refractivity contribution >= 4 is 38.8 Å². The maximum Gasteiger partial charge on any atom is 0.493 e. The fourth-order valence-electron chi connectivity index (χ4n) is 3.91. The van der Waals surface area contributed by atoms with Gasteiger partial charge in [-0.3, -0.25) is 4.90 Å². The van der Waals surface area contributed by atoms with Crippen molar-refractivity contribution in [2.45, 2.75) is 44.1 Å². The van der Waals surface area contributed by atoms with E-state index in [1.54, 1.807) is 6.07 Å². The maximum atomic E-state index is 14.7. The fourth-order valence-corrected chi connectivity index (χ4v) is 5.66. The van der Waals surface area contributed by atoms with Crippen molar-refractivity contribution in [2.24, 2.45) is 0 Å². The number of aromatic nitrogens is 2. The number of pyridine rings is 1. The second-order valence-corrected chi connectivity index (χ2v) is 10.9. The van der Waals surface area contributed by atoms with Gasteiger partial charge in [0.15, 0.2) is 10.8 Å². The van der Waals surface area contributed by atoms with Gasteiger partial charge in [0.1, 0.15) is 5.82 Å². The first kappa shape index (κ1) is 27.7. The first-order valence-electron chi connectivity index (χ1n) is 11.4. The number of alkyl halides is 3. The summed E-state index contributed by atoms with van der Waals surface area (Å²) < 4.78 is 79.0. The number of rotatable bonds is 9. The number of aryl methyl sites for hydroxylation is 1. The standard InChI is InChI=1S/C23H23F4N5O4S2/c1-15-19(28-11-17-16(5-4-6-18(17)24)12-31-9-2-3-10-31)7-8-21(30-15)38(34,35)32(20-13-37-14-29-20)36-22(33)23(25,26)27/h4-8,13-14,28H,2-3,9-12H2,1H3. The molecule has 3 heterocycles. The van der Waals surface area contributed by atoms with Gasteiger partial charge in [-0.1, -0.05) is 16.6 Å².